The molecule has 19 heavy (non-hydrogen) atoms. The molecule has 1 rings (SSSR count). The lowest BCUT2D eigenvalue weighted by Crippen LogP contribution is -2.07. The molecule has 0 aliphatic carbocycles. The minimum absolute atomic E-state index is 0.0688. The summed E-state index contributed by atoms with van der Waals surface area (Å²) in [5, 5.41) is -0.106. The quantitative estimate of drug-likeness (QED) is 0.714. The first-order valence-electron chi connectivity index (χ1n) is 6.08. The van der Waals surface area contributed by atoms with Gasteiger partial charge in [0.2, 0.25) is 5.12 Å². The van der Waals surface area contributed by atoms with Gasteiger partial charge in [-0.3, -0.25) is 4.79 Å². The van der Waals surface area contributed by atoms with Crippen LogP contribution in [0.15, 0.2) is 30.3 Å². The Kier molecular flexibility index (Phi) is 6.71. The fourth-order valence-corrected chi connectivity index (χ4v) is 6.78. The Balaban J connectivity index is 2.83. The van der Waals surface area contributed by atoms with Gasteiger partial charge in [0.25, 0.3) is 5.69 Å². The molecular weight excluding hydrogens is 299 g/mol. The molecule has 0 aromatic heterocycles. The number of hydrogen-bond acceptors (Lipinski definition) is 5. The topological polar surface area (TPSA) is 35.5 Å². The molecule has 0 saturated carbocycles. The number of hydrogen-bond donors (Lipinski definition) is 0. The molecule has 0 aliphatic heterocycles. The lowest BCUT2D eigenvalue weighted by atomic mass is 10.2. The van der Waals surface area contributed by atoms with Gasteiger partial charge in [0.05, 0.1) is 12.2 Å². The summed E-state index contributed by atoms with van der Waals surface area (Å²) in [6.45, 7) is 7.55. The molecule has 0 unspecified atom stereocenters. The van der Waals surface area contributed by atoms with Crippen LogP contribution in [0.3, 0.4) is 0 Å². The average Bonchev–Trinajstić information content (AvgIpc) is 2.27. The summed E-state index contributed by atoms with van der Waals surface area (Å²) in [4.78, 5) is 12.2. The molecule has 0 radical (unpaired) electrons. The van der Waals surface area contributed by atoms with Crippen LogP contribution in [0.4, 0.5) is 0 Å². The van der Waals surface area contributed by atoms with Crippen LogP contribution >= 0.6 is 17.1 Å². The highest BCUT2D eigenvalue weighted by molar-refractivity contribution is 8.73. The molecule has 1 aromatic rings. The largest absolute Gasteiger partial charge is 0.319 e. The molecule has 3 nitrogen and oxygen atoms in total. The molecule has 0 heterocycles. The first-order valence-corrected chi connectivity index (χ1v) is 10.1. The van der Waals surface area contributed by atoms with Crippen molar-refractivity contribution in [2.75, 3.05) is 0 Å². The van der Waals surface area contributed by atoms with E-state index >= 15 is 0 Å². The van der Waals surface area contributed by atoms with Crippen molar-refractivity contribution in [3.05, 3.63) is 35.9 Å². The van der Waals surface area contributed by atoms with Crippen LogP contribution in [0.5, 0.6) is 0 Å². The third-order valence-corrected chi connectivity index (χ3v) is 6.74. The molecule has 1 aromatic carbocycles. The van der Waals surface area contributed by atoms with Crippen molar-refractivity contribution in [3.8, 4) is 0 Å². The lowest BCUT2D eigenvalue weighted by molar-refractivity contribution is 0.108. The Morgan fingerprint density at radius 3 is 2.00 bits per heavy atom. The summed E-state index contributed by atoms with van der Waals surface area (Å²) in [5.74, 6) is 0. The zero-order valence-corrected chi connectivity index (χ0v) is 14.1. The molecule has 0 N–H and O–H groups in total. The molecule has 106 valence electrons. The minimum Gasteiger partial charge on any atom is -0.319 e. The monoisotopic (exact) mass is 318 g/mol. The Morgan fingerprint density at radius 1 is 1.11 bits per heavy atom. The zero-order valence-electron chi connectivity index (χ0n) is 11.5. The number of carbonyl (C=O) groups excluding carboxylic acids is 1. The molecule has 0 aliphatic rings. The summed E-state index contributed by atoms with van der Waals surface area (Å²) in [7, 11) is 0. The first-order chi connectivity index (χ1) is 8.82. The van der Waals surface area contributed by atoms with Crippen molar-refractivity contribution in [1.82, 2.24) is 0 Å². The fraction of sp³-hybridized carbons (Fsp3) is 0.462. The second kappa shape index (κ2) is 7.55. The van der Waals surface area contributed by atoms with E-state index in [1.54, 1.807) is 12.1 Å². The Bertz CT molecular complexity index is 446. The molecule has 0 spiro atoms. The minimum atomic E-state index is -2.65. The van der Waals surface area contributed by atoms with Crippen molar-refractivity contribution in [1.29, 1.82) is 0 Å². The maximum absolute atomic E-state index is 12.2. The third-order valence-electron chi connectivity index (χ3n) is 1.88. The number of carbonyl (C=O) groups is 1. The Labute approximate surface area is 124 Å². The van der Waals surface area contributed by atoms with E-state index in [0.717, 1.165) is 11.4 Å². The molecule has 0 bridgehead atoms. The second-order valence-electron chi connectivity index (χ2n) is 4.50. The molecule has 0 fully saturated rings. The van der Waals surface area contributed by atoms with Gasteiger partial charge in [-0.25, -0.2) is 0 Å². The van der Waals surface area contributed by atoms with E-state index in [4.69, 9.17) is 20.9 Å². The van der Waals surface area contributed by atoms with Gasteiger partial charge in [-0.15, -0.1) is 0 Å². The Morgan fingerprint density at radius 2 is 1.58 bits per heavy atom. The van der Waals surface area contributed by atoms with Crippen LogP contribution in [0.25, 0.3) is 0 Å². The normalized spacial score (nSPS) is 12.1. The van der Waals surface area contributed by atoms with E-state index in [0.29, 0.717) is 5.56 Å². The van der Waals surface area contributed by atoms with Gasteiger partial charge in [0.15, 0.2) is 0 Å². The van der Waals surface area contributed by atoms with Crippen molar-refractivity contribution < 1.29 is 13.8 Å². The lowest BCUT2D eigenvalue weighted by Gasteiger charge is -2.24. The molecular formula is C13H19O3PS2. The highest BCUT2D eigenvalue weighted by atomic mass is 32.9. The maximum atomic E-state index is 12.2. The van der Waals surface area contributed by atoms with Crippen LogP contribution in [0.1, 0.15) is 38.1 Å². The van der Waals surface area contributed by atoms with E-state index in [1.165, 1.54) is 0 Å². The molecule has 6 heteroatoms. The molecule has 0 atom stereocenters. The van der Waals surface area contributed by atoms with Crippen LogP contribution in [-0.2, 0) is 20.9 Å². The Hall–Kier alpha value is -0.190. The maximum Gasteiger partial charge on any atom is 0.255 e. The molecule has 0 saturated heterocycles. The van der Waals surface area contributed by atoms with Crippen molar-refractivity contribution in [2.24, 2.45) is 0 Å². The summed E-state index contributed by atoms with van der Waals surface area (Å²) in [5.41, 5.74) is -2.04. The van der Waals surface area contributed by atoms with Crippen molar-refractivity contribution in [3.63, 3.8) is 0 Å². The van der Waals surface area contributed by atoms with Gasteiger partial charge in [-0.1, -0.05) is 30.3 Å². The van der Waals surface area contributed by atoms with Crippen LogP contribution < -0.4 is 0 Å². The summed E-state index contributed by atoms with van der Waals surface area (Å²) >= 11 is 6.44. The average molecular weight is 318 g/mol. The summed E-state index contributed by atoms with van der Waals surface area (Å²) in [6.07, 6.45) is -0.138. The zero-order chi connectivity index (χ0) is 14.5. The highest BCUT2D eigenvalue weighted by Crippen LogP contribution is 2.63. The number of rotatable bonds is 6. The predicted molar refractivity (Wildman–Crippen MR) is 85.1 cm³/mol. The SMILES string of the molecule is CC(C)OP(=S)(OC(C)C)SC(=O)c1ccccc1. The van der Waals surface area contributed by atoms with Crippen LogP contribution in [0, 0.1) is 0 Å². The number of benzene rings is 1. The van der Waals surface area contributed by atoms with Gasteiger partial charge in [-0.05, 0) is 39.5 Å². The first kappa shape index (κ1) is 16.9. The van der Waals surface area contributed by atoms with Crippen LogP contribution in [-0.4, -0.2) is 17.3 Å². The van der Waals surface area contributed by atoms with Gasteiger partial charge < -0.3 is 9.05 Å². The van der Waals surface area contributed by atoms with E-state index < -0.39 is 5.69 Å². The van der Waals surface area contributed by atoms with Gasteiger partial charge in [0.1, 0.15) is 0 Å². The van der Waals surface area contributed by atoms with Gasteiger partial charge in [-0.2, -0.15) is 0 Å². The van der Waals surface area contributed by atoms with E-state index in [9.17, 15) is 4.79 Å². The van der Waals surface area contributed by atoms with Crippen molar-refractivity contribution >= 4 is 34.0 Å². The second-order valence-corrected chi connectivity index (χ2v) is 10.5. The fourth-order valence-electron chi connectivity index (χ4n) is 1.31. The van der Waals surface area contributed by atoms with Crippen LogP contribution in [0.2, 0.25) is 0 Å². The van der Waals surface area contributed by atoms with Gasteiger partial charge >= 0.3 is 0 Å². The molecule has 0 amide bonds. The van der Waals surface area contributed by atoms with E-state index in [2.05, 4.69) is 0 Å². The van der Waals surface area contributed by atoms with E-state index in [-0.39, 0.29) is 17.3 Å². The predicted octanol–water partition coefficient (Wildman–Crippen LogP) is 4.63. The smallest absolute Gasteiger partial charge is 0.255 e. The van der Waals surface area contributed by atoms with E-state index in [1.807, 2.05) is 45.9 Å². The third kappa shape index (κ3) is 6.19. The summed E-state index contributed by atoms with van der Waals surface area (Å²) in [6, 6.07) is 9.04. The van der Waals surface area contributed by atoms with Crippen molar-refractivity contribution in [2.45, 2.75) is 39.9 Å². The van der Waals surface area contributed by atoms with Gasteiger partial charge in [0, 0.05) is 16.9 Å². The standard InChI is InChI=1S/C13H19O3PS2/c1-10(2)15-17(18,16-11(3)4)19-13(14)12-8-6-5-7-9-12/h5-11H,1-4H3. The highest BCUT2D eigenvalue weighted by Gasteiger charge is 2.28. The summed E-state index contributed by atoms with van der Waals surface area (Å²) < 4.78 is 11.4.